The van der Waals surface area contributed by atoms with Gasteiger partial charge in [0.05, 0.1) is 36.5 Å². The number of nitrogens with one attached hydrogen (secondary N) is 2. The van der Waals surface area contributed by atoms with Crippen LogP contribution in [0.25, 0.3) is 22.5 Å². The second-order valence-electron chi connectivity index (χ2n) is 10.8. The molecule has 4 aromatic rings. The Kier molecular flexibility index (Phi) is 8.90. The third-order valence-electron chi connectivity index (χ3n) is 7.95. The van der Waals surface area contributed by atoms with Crippen molar-refractivity contribution in [1.29, 1.82) is 0 Å². The number of amides is 2. The highest BCUT2D eigenvalue weighted by Gasteiger charge is 2.21. The summed E-state index contributed by atoms with van der Waals surface area (Å²) >= 11 is 0. The van der Waals surface area contributed by atoms with Gasteiger partial charge in [0.15, 0.2) is 0 Å². The predicted molar refractivity (Wildman–Crippen MR) is 165 cm³/mol. The summed E-state index contributed by atoms with van der Waals surface area (Å²) in [5.74, 6) is -0.0393. The molecule has 0 radical (unpaired) electrons. The van der Waals surface area contributed by atoms with E-state index in [1.807, 2.05) is 29.8 Å². The van der Waals surface area contributed by atoms with Crippen LogP contribution in [-0.4, -0.2) is 81.5 Å². The molecule has 2 aromatic heterocycles. The average Bonchev–Trinajstić information content (AvgIpc) is 3.73. The van der Waals surface area contributed by atoms with Gasteiger partial charge in [-0.15, -0.1) is 0 Å². The minimum atomic E-state index is -0.501. The van der Waals surface area contributed by atoms with E-state index in [-0.39, 0.29) is 11.7 Å². The SMILES string of the molecule is CCn1ncc(-c2ccnc(Nc3cccc(CCN4CCOCC4)c3)n2)c1-c1ccc(NC(=O)N2CCCC2)c(F)c1. The molecule has 0 aliphatic carbocycles. The van der Waals surface area contributed by atoms with Crippen molar-refractivity contribution in [2.45, 2.75) is 32.7 Å². The Balaban J connectivity index is 1.19. The van der Waals surface area contributed by atoms with Crippen molar-refractivity contribution < 1.29 is 13.9 Å². The standard InChI is InChI=1S/C32H37FN8O2/c1-2-41-30(24-8-9-29(27(33)21-24)38-32(42)40-13-3-4-14-40)26(22-35-41)28-10-12-34-31(37-28)36-25-7-5-6-23(20-25)11-15-39-16-18-43-19-17-39/h5-10,12,20-22H,2-4,11,13-19H2,1H3,(H,38,42)(H,34,36,37). The van der Waals surface area contributed by atoms with Gasteiger partial charge in [0.2, 0.25) is 5.95 Å². The van der Waals surface area contributed by atoms with Crippen molar-refractivity contribution >= 4 is 23.4 Å². The molecule has 0 saturated carbocycles. The number of morpholine rings is 1. The van der Waals surface area contributed by atoms with Crippen molar-refractivity contribution in [3.8, 4) is 22.5 Å². The minimum absolute atomic E-state index is 0.158. The maximum absolute atomic E-state index is 15.3. The Morgan fingerprint density at radius 3 is 2.67 bits per heavy atom. The number of benzene rings is 2. The lowest BCUT2D eigenvalue weighted by Crippen LogP contribution is -2.37. The number of hydrogen-bond donors (Lipinski definition) is 2. The number of hydrogen-bond acceptors (Lipinski definition) is 7. The Morgan fingerprint density at radius 2 is 1.88 bits per heavy atom. The van der Waals surface area contributed by atoms with E-state index in [2.05, 4.69) is 37.7 Å². The number of rotatable bonds is 9. The molecule has 0 atom stereocenters. The van der Waals surface area contributed by atoms with E-state index in [9.17, 15) is 4.79 Å². The maximum Gasteiger partial charge on any atom is 0.321 e. The van der Waals surface area contributed by atoms with Gasteiger partial charge in [0, 0.05) is 62.3 Å². The lowest BCUT2D eigenvalue weighted by Gasteiger charge is -2.26. The van der Waals surface area contributed by atoms with Crippen LogP contribution in [0, 0.1) is 5.82 Å². The highest BCUT2D eigenvalue weighted by Crippen LogP contribution is 2.33. The fourth-order valence-corrected chi connectivity index (χ4v) is 5.61. The highest BCUT2D eigenvalue weighted by molar-refractivity contribution is 5.90. The van der Waals surface area contributed by atoms with Gasteiger partial charge >= 0.3 is 6.03 Å². The molecule has 224 valence electrons. The molecule has 11 heteroatoms. The number of halogens is 1. The molecular weight excluding hydrogens is 547 g/mol. The Morgan fingerprint density at radius 1 is 1.05 bits per heavy atom. The molecule has 2 fully saturated rings. The van der Waals surface area contributed by atoms with E-state index in [0.717, 1.165) is 69.1 Å². The normalized spacial score (nSPS) is 15.5. The first kappa shape index (κ1) is 28.8. The number of urea groups is 1. The summed E-state index contributed by atoms with van der Waals surface area (Å²) in [4.78, 5) is 25.9. The minimum Gasteiger partial charge on any atom is -0.379 e. The number of anilines is 3. The molecule has 10 nitrogen and oxygen atoms in total. The Labute approximate surface area is 250 Å². The van der Waals surface area contributed by atoms with Crippen LogP contribution in [0.1, 0.15) is 25.3 Å². The van der Waals surface area contributed by atoms with E-state index in [1.165, 1.54) is 11.6 Å². The van der Waals surface area contributed by atoms with Gasteiger partial charge in [-0.05, 0) is 62.1 Å². The topological polar surface area (TPSA) is 100 Å². The molecule has 43 heavy (non-hydrogen) atoms. The van der Waals surface area contributed by atoms with Crippen LogP contribution in [-0.2, 0) is 17.7 Å². The second kappa shape index (κ2) is 13.3. The molecule has 0 bridgehead atoms. The monoisotopic (exact) mass is 584 g/mol. The summed E-state index contributed by atoms with van der Waals surface area (Å²) in [5, 5.41) is 10.6. The molecule has 0 spiro atoms. The largest absolute Gasteiger partial charge is 0.379 e. The van der Waals surface area contributed by atoms with Gasteiger partial charge in [-0.25, -0.2) is 19.2 Å². The summed E-state index contributed by atoms with van der Waals surface area (Å²) in [7, 11) is 0. The van der Waals surface area contributed by atoms with Gasteiger partial charge < -0.3 is 20.3 Å². The molecule has 6 rings (SSSR count). The zero-order valence-corrected chi connectivity index (χ0v) is 24.4. The number of nitrogens with zero attached hydrogens (tertiary/aromatic N) is 6. The summed E-state index contributed by atoms with van der Waals surface area (Å²) in [6, 6.07) is 14.7. The van der Waals surface area contributed by atoms with Crippen molar-refractivity contribution in [2.24, 2.45) is 0 Å². The third kappa shape index (κ3) is 6.84. The Hall–Kier alpha value is -4.35. The van der Waals surface area contributed by atoms with Crippen LogP contribution in [0.3, 0.4) is 0 Å². The van der Waals surface area contributed by atoms with Crippen LogP contribution in [0.2, 0.25) is 0 Å². The van der Waals surface area contributed by atoms with E-state index in [1.54, 1.807) is 29.4 Å². The van der Waals surface area contributed by atoms with Crippen LogP contribution in [0.4, 0.5) is 26.5 Å². The van der Waals surface area contributed by atoms with Crippen molar-refractivity contribution in [2.75, 3.05) is 56.6 Å². The third-order valence-corrected chi connectivity index (χ3v) is 7.95. The van der Waals surface area contributed by atoms with E-state index >= 15 is 4.39 Å². The van der Waals surface area contributed by atoms with Gasteiger partial charge in [-0.1, -0.05) is 18.2 Å². The first-order valence-electron chi connectivity index (χ1n) is 15.0. The van der Waals surface area contributed by atoms with Crippen LogP contribution < -0.4 is 10.6 Å². The number of aromatic nitrogens is 4. The number of aryl methyl sites for hydroxylation is 1. The van der Waals surface area contributed by atoms with E-state index in [0.29, 0.717) is 36.8 Å². The average molecular weight is 585 g/mol. The maximum atomic E-state index is 15.3. The van der Waals surface area contributed by atoms with E-state index in [4.69, 9.17) is 9.72 Å². The summed E-state index contributed by atoms with van der Waals surface area (Å²) in [6.45, 7) is 8.51. The highest BCUT2D eigenvalue weighted by atomic mass is 19.1. The summed E-state index contributed by atoms with van der Waals surface area (Å²) < 4.78 is 22.5. The molecule has 2 aliphatic rings. The molecular formula is C32H37FN8O2. The smallest absolute Gasteiger partial charge is 0.321 e. The van der Waals surface area contributed by atoms with Crippen LogP contribution >= 0.6 is 0 Å². The number of likely N-dealkylation sites (tertiary alicyclic amines) is 1. The van der Waals surface area contributed by atoms with Crippen molar-refractivity contribution in [3.63, 3.8) is 0 Å². The fourth-order valence-electron chi connectivity index (χ4n) is 5.61. The van der Waals surface area contributed by atoms with Gasteiger partial charge in [0.25, 0.3) is 0 Å². The second-order valence-corrected chi connectivity index (χ2v) is 10.8. The van der Waals surface area contributed by atoms with Gasteiger partial charge in [-0.2, -0.15) is 5.10 Å². The summed E-state index contributed by atoms with van der Waals surface area (Å²) in [6.07, 6.45) is 6.35. The van der Waals surface area contributed by atoms with E-state index < -0.39 is 5.82 Å². The molecule has 2 saturated heterocycles. The van der Waals surface area contributed by atoms with Gasteiger partial charge in [-0.3, -0.25) is 9.58 Å². The molecule has 2 amide bonds. The molecule has 2 N–H and O–H groups in total. The molecule has 0 unspecified atom stereocenters. The first-order chi connectivity index (χ1) is 21.1. The van der Waals surface area contributed by atoms with Crippen LogP contribution in [0.5, 0.6) is 0 Å². The first-order valence-corrected chi connectivity index (χ1v) is 15.0. The predicted octanol–water partition coefficient (Wildman–Crippen LogP) is 5.41. The quantitative estimate of drug-likeness (QED) is 0.271. The molecule has 4 heterocycles. The lowest BCUT2D eigenvalue weighted by molar-refractivity contribution is 0.0384. The Bertz CT molecular complexity index is 1560. The number of carbonyl (C=O) groups excluding carboxylic acids is 1. The lowest BCUT2D eigenvalue weighted by atomic mass is 10.0. The van der Waals surface area contributed by atoms with Crippen molar-refractivity contribution in [1.82, 2.24) is 29.5 Å². The zero-order chi connectivity index (χ0) is 29.6. The number of ether oxygens (including phenoxy) is 1. The molecule has 2 aliphatic heterocycles. The fraction of sp³-hybridized carbons (Fsp3) is 0.375. The molecule has 2 aromatic carbocycles. The summed E-state index contributed by atoms with van der Waals surface area (Å²) in [5.41, 5.74) is 5.13. The number of carbonyl (C=O) groups is 1. The zero-order valence-electron chi connectivity index (χ0n) is 24.4. The van der Waals surface area contributed by atoms with Crippen LogP contribution in [0.15, 0.2) is 60.9 Å². The van der Waals surface area contributed by atoms with Crippen molar-refractivity contribution in [3.05, 3.63) is 72.3 Å². The van der Waals surface area contributed by atoms with Gasteiger partial charge in [0.1, 0.15) is 5.82 Å².